The molecule has 1 amide bonds. The highest BCUT2D eigenvalue weighted by Crippen LogP contribution is 2.22. The van der Waals surface area contributed by atoms with Crippen LogP contribution in [0.25, 0.3) is 17.0 Å². The highest BCUT2D eigenvalue weighted by atomic mass is 35.5. The summed E-state index contributed by atoms with van der Waals surface area (Å²) in [5.41, 5.74) is 1.56. The van der Waals surface area contributed by atoms with Crippen LogP contribution in [0.1, 0.15) is 25.7 Å². The van der Waals surface area contributed by atoms with Gasteiger partial charge in [-0.15, -0.1) is 10.2 Å². The van der Waals surface area contributed by atoms with E-state index in [1.54, 1.807) is 4.52 Å². The van der Waals surface area contributed by atoms with E-state index in [1.807, 2.05) is 41.3 Å². The van der Waals surface area contributed by atoms with Crippen molar-refractivity contribution in [1.29, 1.82) is 0 Å². The van der Waals surface area contributed by atoms with Crippen molar-refractivity contribution in [2.24, 2.45) is 0 Å². The number of likely N-dealkylation sites (tertiary alicyclic amines) is 1. The van der Waals surface area contributed by atoms with Crippen molar-refractivity contribution in [3.63, 3.8) is 0 Å². The van der Waals surface area contributed by atoms with E-state index in [2.05, 4.69) is 15.3 Å². The molecule has 2 aromatic heterocycles. The van der Waals surface area contributed by atoms with Crippen molar-refractivity contribution in [3.05, 3.63) is 41.4 Å². The summed E-state index contributed by atoms with van der Waals surface area (Å²) in [6.07, 6.45) is 4.64. The summed E-state index contributed by atoms with van der Waals surface area (Å²) >= 11 is 7.42. The molecule has 0 atom stereocenters. The van der Waals surface area contributed by atoms with Gasteiger partial charge in [0, 0.05) is 23.7 Å². The summed E-state index contributed by atoms with van der Waals surface area (Å²) in [4.78, 5) is 14.5. The second-order valence-electron chi connectivity index (χ2n) is 6.56. The van der Waals surface area contributed by atoms with Gasteiger partial charge in [-0.2, -0.15) is 9.61 Å². The molecule has 0 unspecified atom stereocenters. The van der Waals surface area contributed by atoms with Crippen molar-refractivity contribution in [2.45, 2.75) is 30.7 Å². The van der Waals surface area contributed by atoms with E-state index >= 15 is 0 Å². The Kier molecular flexibility index (Phi) is 5.59. The summed E-state index contributed by atoms with van der Waals surface area (Å²) < 4.78 is 1.71. The number of hydrogen-bond acceptors (Lipinski definition) is 5. The SMILES string of the molecule is O=C(CSc1ccc2nnc(-c3ccc(Cl)cc3)n2n1)N1CCCCCC1. The molecule has 0 spiro atoms. The van der Waals surface area contributed by atoms with Crippen molar-refractivity contribution < 1.29 is 4.79 Å². The van der Waals surface area contributed by atoms with E-state index < -0.39 is 0 Å². The Morgan fingerprint density at radius 3 is 2.48 bits per heavy atom. The van der Waals surface area contributed by atoms with Crippen molar-refractivity contribution >= 4 is 34.9 Å². The maximum absolute atomic E-state index is 12.5. The number of rotatable bonds is 4. The predicted molar refractivity (Wildman–Crippen MR) is 107 cm³/mol. The molecule has 0 aliphatic carbocycles. The fourth-order valence-corrected chi connectivity index (χ4v) is 4.06. The average molecular weight is 402 g/mol. The zero-order valence-corrected chi connectivity index (χ0v) is 16.4. The van der Waals surface area contributed by atoms with Crippen LogP contribution in [0.15, 0.2) is 41.4 Å². The number of carbonyl (C=O) groups is 1. The third-order valence-electron chi connectivity index (χ3n) is 4.64. The second-order valence-corrected chi connectivity index (χ2v) is 7.99. The fraction of sp³-hybridized carbons (Fsp3) is 0.368. The number of fused-ring (bicyclic) bond motifs is 1. The molecular formula is C19H20ClN5OS. The number of benzene rings is 1. The van der Waals surface area contributed by atoms with Crippen molar-refractivity contribution in [2.75, 3.05) is 18.8 Å². The number of amides is 1. The van der Waals surface area contributed by atoms with Crippen LogP contribution in [-0.4, -0.2) is 49.5 Å². The zero-order valence-electron chi connectivity index (χ0n) is 14.8. The van der Waals surface area contributed by atoms with Crippen LogP contribution in [0.5, 0.6) is 0 Å². The van der Waals surface area contributed by atoms with Gasteiger partial charge in [0.1, 0.15) is 5.03 Å². The van der Waals surface area contributed by atoms with Gasteiger partial charge in [0.2, 0.25) is 5.91 Å². The molecule has 1 saturated heterocycles. The van der Waals surface area contributed by atoms with Gasteiger partial charge in [0.15, 0.2) is 11.5 Å². The van der Waals surface area contributed by atoms with Gasteiger partial charge in [-0.1, -0.05) is 36.2 Å². The minimum atomic E-state index is 0.186. The van der Waals surface area contributed by atoms with E-state index in [-0.39, 0.29) is 5.91 Å². The molecule has 140 valence electrons. The van der Waals surface area contributed by atoms with E-state index in [1.165, 1.54) is 24.6 Å². The van der Waals surface area contributed by atoms with Crippen LogP contribution in [0.4, 0.5) is 0 Å². The molecule has 0 bridgehead atoms. The quantitative estimate of drug-likeness (QED) is 0.619. The highest BCUT2D eigenvalue weighted by Gasteiger charge is 2.16. The van der Waals surface area contributed by atoms with E-state index in [4.69, 9.17) is 11.6 Å². The second kappa shape index (κ2) is 8.27. The van der Waals surface area contributed by atoms with E-state index in [0.29, 0.717) is 22.2 Å². The number of nitrogens with zero attached hydrogens (tertiary/aromatic N) is 5. The first-order chi connectivity index (χ1) is 13.2. The Morgan fingerprint density at radius 1 is 1.00 bits per heavy atom. The minimum absolute atomic E-state index is 0.186. The molecule has 4 rings (SSSR count). The van der Waals surface area contributed by atoms with Crippen molar-refractivity contribution in [1.82, 2.24) is 24.7 Å². The first-order valence-electron chi connectivity index (χ1n) is 9.10. The Labute approximate surface area is 166 Å². The monoisotopic (exact) mass is 401 g/mol. The Morgan fingerprint density at radius 2 is 1.74 bits per heavy atom. The first-order valence-corrected chi connectivity index (χ1v) is 10.5. The molecule has 0 N–H and O–H groups in total. The lowest BCUT2D eigenvalue weighted by Gasteiger charge is -2.19. The number of hydrogen-bond donors (Lipinski definition) is 0. The van der Waals surface area contributed by atoms with Gasteiger partial charge in [-0.3, -0.25) is 4.79 Å². The van der Waals surface area contributed by atoms with E-state index in [0.717, 1.165) is 36.5 Å². The summed E-state index contributed by atoms with van der Waals surface area (Å²) in [6, 6.07) is 11.2. The zero-order chi connectivity index (χ0) is 18.6. The standard InChI is InChI=1S/C19H20ClN5OS/c20-15-7-5-14(6-8-15)19-22-21-16-9-10-17(23-25(16)19)27-13-18(26)24-11-3-1-2-4-12-24/h5-10H,1-4,11-13H2. The van der Waals surface area contributed by atoms with Crippen LogP contribution in [0, 0.1) is 0 Å². The molecule has 3 heterocycles. The van der Waals surface area contributed by atoms with Crippen LogP contribution in [0.3, 0.4) is 0 Å². The van der Waals surface area contributed by atoms with Gasteiger partial charge in [0.25, 0.3) is 0 Å². The maximum atomic E-state index is 12.5. The number of thioether (sulfide) groups is 1. The molecular weight excluding hydrogens is 382 g/mol. The normalized spacial score (nSPS) is 15.1. The summed E-state index contributed by atoms with van der Waals surface area (Å²) in [5.74, 6) is 1.24. The third-order valence-corrected chi connectivity index (χ3v) is 5.80. The lowest BCUT2D eigenvalue weighted by atomic mass is 10.2. The van der Waals surface area contributed by atoms with Crippen LogP contribution in [0.2, 0.25) is 5.02 Å². The predicted octanol–water partition coefficient (Wildman–Crippen LogP) is 3.94. The maximum Gasteiger partial charge on any atom is 0.232 e. The summed E-state index contributed by atoms with van der Waals surface area (Å²) in [5, 5.41) is 14.5. The van der Waals surface area contributed by atoms with Crippen LogP contribution in [-0.2, 0) is 4.79 Å². The fourth-order valence-electron chi connectivity index (χ4n) is 3.18. The van der Waals surface area contributed by atoms with Gasteiger partial charge in [0.05, 0.1) is 5.75 Å². The molecule has 3 aromatic rings. The van der Waals surface area contributed by atoms with E-state index in [9.17, 15) is 4.79 Å². The number of carbonyl (C=O) groups excluding carboxylic acids is 1. The number of halogens is 1. The molecule has 1 aromatic carbocycles. The average Bonchev–Trinajstić information content (AvgIpc) is 2.91. The molecule has 1 aliphatic heterocycles. The third kappa shape index (κ3) is 4.25. The van der Waals surface area contributed by atoms with Gasteiger partial charge in [-0.05, 0) is 49.2 Å². The summed E-state index contributed by atoms with van der Waals surface area (Å²) in [6.45, 7) is 1.75. The molecule has 1 aliphatic rings. The van der Waals surface area contributed by atoms with Gasteiger partial charge >= 0.3 is 0 Å². The largest absolute Gasteiger partial charge is 0.342 e. The Hall–Kier alpha value is -2.12. The van der Waals surface area contributed by atoms with Crippen molar-refractivity contribution in [3.8, 4) is 11.4 Å². The number of aromatic nitrogens is 4. The molecule has 0 radical (unpaired) electrons. The van der Waals surface area contributed by atoms with Gasteiger partial charge < -0.3 is 4.90 Å². The van der Waals surface area contributed by atoms with Crippen LogP contribution >= 0.6 is 23.4 Å². The smallest absolute Gasteiger partial charge is 0.232 e. The lowest BCUT2D eigenvalue weighted by molar-refractivity contribution is -0.128. The molecule has 27 heavy (non-hydrogen) atoms. The van der Waals surface area contributed by atoms with Crippen LogP contribution < -0.4 is 0 Å². The molecule has 8 heteroatoms. The highest BCUT2D eigenvalue weighted by molar-refractivity contribution is 7.99. The minimum Gasteiger partial charge on any atom is -0.342 e. The summed E-state index contributed by atoms with van der Waals surface area (Å²) in [7, 11) is 0. The molecule has 0 saturated carbocycles. The topological polar surface area (TPSA) is 63.4 Å². The Balaban J connectivity index is 1.50. The van der Waals surface area contributed by atoms with Gasteiger partial charge in [-0.25, -0.2) is 0 Å². The Bertz CT molecular complexity index is 935. The first kappa shape index (κ1) is 18.3. The molecule has 6 nitrogen and oxygen atoms in total. The molecule has 1 fully saturated rings. The lowest BCUT2D eigenvalue weighted by Crippen LogP contribution is -2.33.